The summed E-state index contributed by atoms with van der Waals surface area (Å²) in [7, 11) is -9.91. The average molecular weight is 1330 g/mol. The number of hydrogen-bond donors (Lipinski definition) is 3. The Balaban J connectivity index is 5.28. The zero-order valence-corrected chi connectivity index (χ0v) is 60.6. The predicted octanol–water partition coefficient (Wildman–Crippen LogP) is 20.1. The zero-order chi connectivity index (χ0) is 66.8. The van der Waals surface area contributed by atoms with Gasteiger partial charge in [-0.05, 0) is 49.4 Å². The molecule has 19 heteroatoms. The lowest BCUT2D eigenvalue weighted by Crippen LogP contribution is -2.30. The van der Waals surface area contributed by atoms with Gasteiger partial charge in [-0.15, -0.1) is 0 Å². The molecule has 3 N–H and O–H groups in total. The first-order valence-corrected chi connectivity index (χ1v) is 39.8. The lowest BCUT2D eigenvalue weighted by Gasteiger charge is -2.21. The Kier molecular flexibility index (Phi) is 59.4. The number of aliphatic hydroxyl groups excluding tert-OH is 1. The van der Waals surface area contributed by atoms with E-state index in [0.717, 1.165) is 120 Å². The van der Waals surface area contributed by atoms with Gasteiger partial charge in [0, 0.05) is 25.7 Å². The molecule has 0 aliphatic rings. The van der Waals surface area contributed by atoms with E-state index in [1.165, 1.54) is 148 Å². The van der Waals surface area contributed by atoms with Gasteiger partial charge in [0.15, 0.2) is 12.2 Å². The molecule has 0 aromatic carbocycles. The molecule has 0 aliphatic carbocycles. The van der Waals surface area contributed by atoms with Crippen molar-refractivity contribution >= 4 is 39.5 Å². The average Bonchev–Trinajstić information content (AvgIpc) is 3.23. The Hall–Kier alpha value is -1.94. The van der Waals surface area contributed by atoms with E-state index in [0.29, 0.717) is 25.7 Å². The van der Waals surface area contributed by atoms with Crippen molar-refractivity contribution in [2.75, 3.05) is 39.6 Å². The molecule has 0 fully saturated rings. The first-order chi connectivity index (χ1) is 43.2. The van der Waals surface area contributed by atoms with Crippen LogP contribution >= 0.6 is 15.6 Å². The van der Waals surface area contributed by atoms with Crippen molar-refractivity contribution < 1.29 is 80.2 Å². The normalized spacial score (nSPS) is 15.5. The van der Waals surface area contributed by atoms with E-state index in [1.807, 2.05) is 0 Å². The fourth-order valence-electron chi connectivity index (χ4n) is 10.5. The maximum atomic E-state index is 13.0. The first-order valence-electron chi connectivity index (χ1n) is 36.9. The minimum atomic E-state index is -4.95. The second-order valence-corrected chi connectivity index (χ2v) is 29.5. The molecule has 6 unspecified atom stereocenters. The van der Waals surface area contributed by atoms with Gasteiger partial charge in [0.2, 0.25) is 0 Å². The van der Waals surface area contributed by atoms with Crippen LogP contribution < -0.4 is 0 Å². The molecule has 0 heterocycles. The molecule has 0 radical (unpaired) electrons. The van der Waals surface area contributed by atoms with Crippen molar-refractivity contribution in [2.24, 2.45) is 23.7 Å². The standard InChI is InChI=1S/C71H138O17P2/c1-9-61(5)47-39-31-23-17-13-15-19-27-37-45-53-70(75)87-66(57-81-68(73)51-43-35-26-22-21-25-33-41-49-63(7)11-3)59-85-89(77,78)83-55-65(72)56-84-90(79,80)86-60-67(58-82-69(74)52-44-36-30-29-34-42-50-64(8)12-4)88-71(76)54-46-38-28-20-16-14-18-24-32-40-48-62(6)10-2/h61-67,72H,9-60H2,1-8H3,(H,77,78)(H,79,80)/t61?,62?,63?,64?,65-,66-,67-/m1/s1. The number of unbranched alkanes of at least 4 members (excludes halogenated alkanes) is 30. The van der Waals surface area contributed by atoms with Gasteiger partial charge in [0.25, 0.3) is 0 Å². The fraction of sp³-hybridized carbons (Fsp3) is 0.944. The molecular formula is C71H138O17P2. The third kappa shape index (κ3) is 59.8. The first kappa shape index (κ1) is 88.1. The molecule has 0 aromatic rings. The Morgan fingerprint density at radius 3 is 0.733 bits per heavy atom. The lowest BCUT2D eigenvalue weighted by atomic mass is 9.99. The number of carbonyl (C=O) groups is 4. The summed E-state index contributed by atoms with van der Waals surface area (Å²) in [4.78, 5) is 72.6. The van der Waals surface area contributed by atoms with Gasteiger partial charge in [-0.25, -0.2) is 9.13 Å². The summed E-state index contributed by atoms with van der Waals surface area (Å²) < 4.78 is 68.3. The van der Waals surface area contributed by atoms with Crippen LogP contribution in [-0.2, 0) is 65.4 Å². The second kappa shape index (κ2) is 60.7. The van der Waals surface area contributed by atoms with E-state index in [-0.39, 0.29) is 25.7 Å². The van der Waals surface area contributed by atoms with Crippen LogP contribution in [0.25, 0.3) is 0 Å². The van der Waals surface area contributed by atoms with Crippen LogP contribution in [0.4, 0.5) is 0 Å². The van der Waals surface area contributed by atoms with Gasteiger partial charge in [-0.2, -0.15) is 0 Å². The maximum absolute atomic E-state index is 13.0. The van der Waals surface area contributed by atoms with Crippen molar-refractivity contribution in [1.82, 2.24) is 0 Å². The van der Waals surface area contributed by atoms with E-state index in [2.05, 4.69) is 55.4 Å². The number of rotatable bonds is 68. The van der Waals surface area contributed by atoms with Gasteiger partial charge in [-0.1, -0.05) is 299 Å². The van der Waals surface area contributed by atoms with Crippen LogP contribution in [0.1, 0.15) is 351 Å². The van der Waals surface area contributed by atoms with E-state index >= 15 is 0 Å². The number of aliphatic hydroxyl groups is 1. The van der Waals surface area contributed by atoms with Crippen LogP contribution in [0.3, 0.4) is 0 Å². The molecule has 90 heavy (non-hydrogen) atoms. The predicted molar refractivity (Wildman–Crippen MR) is 363 cm³/mol. The molecule has 0 aliphatic heterocycles. The highest BCUT2D eigenvalue weighted by Crippen LogP contribution is 2.45. The summed E-state index contributed by atoms with van der Waals surface area (Å²) >= 11 is 0. The molecule has 17 nitrogen and oxygen atoms in total. The van der Waals surface area contributed by atoms with Gasteiger partial charge < -0.3 is 33.8 Å². The summed E-state index contributed by atoms with van der Waals surface area (Å²) in [6.07, 6.45) is 42.8. The van der Waals surface area contributed by atoms with Crippen molar-refractivity contribution in [3.8, 4) is 0 Å². The zero-order valence-electron chi connectivity index (χ0n) is 58.8. The van der Waals surface area contributed by atoms with Crippen LogP contribution in [0.15, 0.2) is 0 Å². The van der Waals surface area contributed by atoms with E-state index in [1.54, 1.807) is 0 Å². The topological polar surface area (TPSA) is 237 Å². The highest BCUT2D eigenvalue weighted by Gasteiger charge is 2.30. The quantitative estimate of drug-likeness (QED) is 0.0222. The van der Waals surface area contributed by atoms with Crippen LogP contribution in [-0.4, -0.2) is 96.7 Å². The molecule has 0 saturated heterocycles. The molecule has 9 atom stereocenters. The van der Waals surface area contributed by atoms with Crippen molar-refractivity contribution in [3.05, 3.63) is 0 Å². The van der Waals surface area contributed by atoms with Gasteiger partial charge >= 0.3 is 39.5 Å². The molecule has 0 bridgehead atoms. The molecular weight excluding hydrogens is 1190 g/mol. The van der Waals surface area contributed by atoms with Gasteiger partial charge in [0.1, 0.15) is 19.3 Å². The monoisotopic (exact) mass is 1320 g/mol. The second-order valence-electron chi connectivity index (χ2n) is 26.6. The summed E-state index contributed by atoms with van der Waals surface area (Å²) in [6.45, 7) is 14.2. The Morgan fingerprint density at radius 2 is 0.500 bits per heavy atom. The Morgan fingerprint density at radius 1 is 0.300 bits per heavy atom. The summed E-state index contributed by atoms with van der Waals surface area (Å²) in [5, 5.41) is 10.6. The van der Waals surface area contributed by atoms with Gasteiger partial charge in [-0.3, -0.25) is 37.3 Å². The number of carbonyl (C=O) groups excluding carboxylic acids is 4. The number of hydrogen-bond acceptors (Lipinski definition) is 15. The van der Waals surface area contributed by atoms with Crippen molar-refractivity contribution in [3.63, 3.8) is 0 Å². The van der Waals surface area contributed by atoms with E-state index in [9.17, 15) is 43.2 Å². The summed E-state index contributed by atoms with van der Waals surface area (Å²) in [5.41, 5.74) is 0. The number of ether oxygens (including phenoxy) is 4. The highest BCUT2D eigenvalue weighted by molar-refractivity contribution is 7.47. The number of phosphoric acid groups is 2. The Bertz CT molecular complexity index is 1790. The molecule has 0 aromatic heterocycles. The molecule has 534 valence electrons. The third-order valence-corrected chi connectivity index (χ3v) is 19.7. The Labute approximate surface area is 549 Å². The lowest BCUT2D eigenvalue weighted by molar-refractivity contribution is -0.161. The van der Waals surface area contributed by atoms with Crippen LogP contribution in [0.2, 0.25) is 0 Å². The smallest absolute Gasteiger partial charge is 0.462 e. The SMILES string of the molecule is CCC(C)CCCCCCCCCCCCC(=O)O[C@H](COC(=O)CCCCCCCCCCC(C)CC)COP(=O)(O)OC[C@@H](O)COP(=O)(O)OC[C@@H](COC(=O)CCCCCCCCC(C)CC)OC(=O)CCCCCCCCCCCCC(C)CC. The molecule has 0 rings (SSSR count). The van der Waals surface area contributed by atoms with Crippen LogP contribution in [0, 0.1) is 23.7 Å². The largest absolute Gasteiger partial charge is 0.472 e. The minimum absolute atomic E-state index is 0.105. The third-order valence-electron chi connectivity index (χ3n) is 17.8. The molecule has 0 spiro atoms. The fourth-order valence-corrected chi connectivity index (χ4v) is 12.1. The minimum Gasteiger partial charge on any atom is -0.462 e. The number of phosphoric ester groups is 2. The number of esters is 4. The van der Waals surface area contributed by atoms with Crippen molar-refractivity contribution in [2.45, 2.75) is 369 Å². The highest BCUT2D eigenvalue weighted by atomic mass is 31.2. The summed E-state index contributed by atoms with van der Waals surface area (Å²) in [6, 6.07) is 0. The maximum Gasteiger partial charge on any atom is 0.472 e. The molecule has 0 saturated carbocycles. The molecule has 0 amide bonds. The van der Waals surface area contributed by atoms with Crippen LogP contribution in [0.5, 0.6) is 0 Å². The van der Waals surface area contributed by atoms with E-state index in [4.69, 9.17) is 37.0 Å². The van der Waals surface area contributed by atoms with E-state index < -0.39 is 97.5 Å². The summed E-state index contributed by atoms with van der Waals surface area (Å²) in [5.74, 6) is 0.985. The van der Waals surface area contributed by atoms with Gasteiger partial charge in [0.05, 0.1) is 26.4 Å². The van der Waals surface area contributed by atoms with Crippen molar-refractivity contribution in [1.29, 1.82) is 0 Å².